The molecule has 2 heterocycles. The number of anilines is 1. The van der Waals surface area contributed by atoms with Crippen molar-refractivity contribution in [1.29, 1.82) is 0 Å². The maximum absolute atomic E-state index is 13.3. The molecule has 1 unspecified atom stereocenters. The van der Waals surface area contributed by atoms with Gasteiger partial charge in [0.25, 0.3) is 11.8 Å². The Bertz CT molecular complexity index is 866. The molecular weight excluding hydrogens is 342 g/mol. The van der Waals surface area contributed by atoms with Gasteiger partial charge in [-0.3, -0.25) is 0 Å². The highest BCUT2D eigenvalue weighted by atomic mass is 19.3. The van der Waals surface area contributed by atoms with E-state index in [2.05, 4.69) is 25.5 Å². The summed E-state index contributed by atoms with van der Waals surface area (Å²) in [6, 6.07) is 4.01. The molecule has 25 heavy (non-hydrogen) atoms. The quantitative estimate of drug-likeness (QED) is 0.701. The number of alkyl halides is 2. The van der Waals surface area contributed by atoms with Gasteiger partial charge < -0.3 is 9.73 Å². The molecule has 0 bridgehead atoms. The zero-order chi connectivity index (χ0) is 18.0. The summed E-state index contributed by atoms with van der Waals surface area (Å²) >= 11 is 0. The van der Waals surface area contributed by atoms with Crippen molar-refractivity contribution in [1.82, 2.24) is 20.2 Å². The van der Waals surface area contributed by atoms with Crippen molar-refractivity contribution in [3.05, 3.63) is 53.6 Å². The van der Waals surface area contributed by atoms with Crippen LogP contribution in [0.25, 0.3) is 11.6 Å². The van der Waals surface area contributed by atoms with Crippen molar-refractivity contribution in [2.24, 2.45) is 0 Å². The number of hydrogen-bond donors (Lipinski definition) is 1. The lowest BCUT2D eigenvalue weighted by molar-refractivity contribution is 0.116. The molecule has 0 saturated heterocycles. The van der Waals surface area contributed by atoms with Gasteiger partial charge in [-0.1, -0.05) is 0 Å². The molecule has 3 aromatic rings. The predicted molar refractivity (Wildman–Crippen MR) is 78.7 cm³/mol. The fourth-order valence-electron chi connectivity index (χ4n) is 2.08. The Hall–Kier alpha value is -3.04. The monoisotopic (exact) mass is 353 g/mol. The van der Waals surface area contributed by atoms with Gasteiger partial charge in [-0.25, -0.2) is 18.7 Å². The number of nitrogens with zero attached hydrogens (tertiary/aromatic N) is 4. The van der Waals surface area contributed by atoms with Gasteiger partial charge >= 0.3 is 6.43 Å². The summed E-state index contributed by atoms with van der Waals surface area (Å²) < 4.78 is 56.4. The number of aromatic nitrogens is 4. The maximum atomic E-state index is 13.3. The van der Waals surface area contributed by atoms with Crippen molar-refractivity contribution < 1.29 is 22.0 Å². The summed E-state index contributed by atoms with van der Waals surface area (Å²) in [7, 11) is 0. The topological polar surface area (TPSA) is 76.7 Å². The van der Waals surface area contributed by atoms with Gasteiger partial charge in [-0.2, -0.15) is 8.78 Å². The molecule has 0 aliphatic rings. The van der Waals surface area contributed by atoms with Crippen LogP contribution in [0.4, 0.5) is 23.5 Å². The van der Waals surface area contributed by atoms with Gasteiger partial charge in [-0.05, 0) is 30.7 Å². The molecule has 1 aromatic carbocycles. The zero-order valence-corrected chi connectivity index (χ0v) is 12.8. The second kappa shape index (κ2) is 6.83. The Kier molecular flexibility index (Phi) is 4.59. The Morgan fingerprint density at radius 1 is 1.08 bits per heavy atom. The van der Waals surface area contributed by atoms with Gasteiger partial charge in [0, 0.05) is 12.3 Å². The highest BCUT2D eigenvalue weighted by Gasteiger charge is 2.18. The van der Waals surface area contributed by atoms with E-state index in [4.69, 9.17) is 4.42 Å². The molecule has 0 aliphatic heterocycles. The van der Waals surface area contributed by atoms with Crippen LogP contribution in [-0.4, -0.2) is 20.2 Å². The van der Waals surface area contributed by atoms with Crippen LogP contribution in [0.2, 0.25) is 0 Å². The van der Waals surface area contributed by atoms with Crippen LogP contribution >= 0.6 is 0 Å². The number of benzene rings is 1. The molecule has 6 nitrogen and oxygen atoms in total. The minimum atomic E-state index is -2.89. The van der Waals surface area contributed by atoms with Crippen molar-refractivity contribution in [3.8, 4) is 11.6 Å². The maximum Gasteiger partial charge on any atom is 0.314 e. The lowest BCUT2D eigenvalue weighted by atomic mass is 10.1. The standard InChI is InChI=1S/C15H11F4N5O/c1-7(8-4-9(16)6-10(17)5-8)21-15-20-3-2-11(22-15)13-23-24-14(25-13)12(18)19/h2-7,12H,1H3,(H,20,21,22). The van der Waals surface area contributed by atoms with E-state index < -0.39 is 30.0 Å². The van der Waals surface area contributed by atoms with Crippen molar-refractivity contribution >= 4 is 5.95 Å². The molecule has 0 fully saturated rings. The molecule has 130 valence electrons. The number of rotatable bonds is 5. The molecule has 2 aromatic heterocycles. The first-order valence-electron chi connectivity index (χ1n) is 7.10. The molecule has 0 aliphatic carbocycles. The zero-order valence-electron chi connectivity index (χ0n) is 12.8. The van der Waals surface area contributed by atoms with E-state index in [1.54, 1.807) is 6.92 Å². The van der Waals surface area contributed by atoms with Crippen LogP contribution in [0.5, 0.6) is 0 Å². The molecule has 3 rings (SSSR count). The van der Waals surface area contributed by atoms with Gasteiger partial charge in [0.15, 0.2) is 0 Å². The average molecular weight is 353 g/mol. The largest absolute Gasteiger partial charge is 0.414 e. The third kappa shape index (κ3) is 3.90. The van der Waals surface area contributed by atoms with E-state index in [1.165, 1.54) is 24.4 Å². The van der Waals surface area contributed by atoms with E-state index in [0.717, 1.165) is 6.07 Å². The summed E-state index contributed by atoms with van der Waals surface area (Å²) in [5.41, 5.74) is 0.485. The van der Waals surface area contributed by atoms with E-state index in [1.807, 2.05) is 0 Å². The first-order valence-corrected chi connectivity index (χ1v) is 7.10. The third-order valence-corrected chi connectivity index (χ3v) is 3.23. The lowest BCUT2D eigenvalue weighted by Crippen LogP contribution is -2.10. The minimum absolute atomic E-state index is 0.103. The van der Waals surface area contributed by atoms with Gasteiger partial charge in [0.1, 0.15) is 17.3 Å². The molecule has 0 radical (unpaired) electrons. The number of hydrogen-bond acceptors (Lipinski definition) is 6. The number of halogens is 4. The second-order valence-corrected chi connectivity index (χ2v) is 5.08. The van der Waals surface area contributed by atoms with Crippen LogP contribution in [0, 0.1) is 11.6 Å². The summed E-state index contributed by atoms with van der Waals surface area (Å²) in [6.45, 7) is 1.66. The van der Waals surface area contributed by atoms with Crippen molar-refractivity contribution in [3.63, 3.8) is 0 Å². The number of nitrogens with one attached hydrogen (secondary N) is 1. The fourth-order valence-corrected chi connectivity index (χ4v) is 2.08. The van der Waals surface area contributed by atoms with E-state index >= 15 is 0 Å². The molecule has 1 atom stereocenters. The predicted octanol–water partition coefficient (Wildman–Crippen LogP) is 3.92. The highest BCUT2D eigenvalue weighted by Crippen LogP contribution is 2.23. The Morgan fingerprint density at radius 3 is 2.44 bits per heavy atom. The van der Waals surface area contributed by atoms with Crippen molar-refractivity contribution in [2.75, 3.05) is 5.32 Å². The first kappa shape index (κ1) is 16.8. The van der Waals surface area contributed by atoms with Crippen LogP contribution < -0.4 is 5.32 Å². The molecule has 0 saturated carbocycles. The van der Waals surface area contributed by atoms with Crippen LogP contribution in [0.3, 0.4) is 0 Å². The fraction of sp³-hybridized carbons (Fsp3) is 0.200. The summed E-state index contributed by atoms with van der Waals surface area (Å²) in [4.78, 5) is 8.04. The Morgan fingerprint density at radius 2 is 1.80 bits per heavy atom. The molecular formula is C15H11F4N5O. The molecule has 0 amide bonds. The third-order valence-electron chi connectivity index (χ3n) is 3.23. The van der Waals surface area contributed by atoms with Gasteiger partial charge in [-0.15, -0.1) is 10.2 Å². The second-order valence-electron chi connectivity index (χ2n) is 5.08. The SMILES string of the molecule is CC(Nc1nccc(-c2nnc(C(F)F)o2)n1)c1cc(F)cc(F)c1. The Balaban J connectivity index is 1.81. The minimum Gasteiger partial charge on any atom is -0.414 e. The first-order chi connectivity index (χ1) is 11.9. The highest BCUT2D eigenvalue weighted by molar-refractivity contribution is 5.48. The van der Waals surface area contributed by atoms with E-state index in [-0.39, 0.29) is 17.5 Å². The summed E-state index contributed by atoms with van der Waals surface area (Å²) in [5.74, 6) is -2.31. The summed E-state index contributed by atoms with van der Waals surface area (Å²) in [5, 5.41) is 9.57. The summed E-state index contributed by atoms with van der Waals surface area (Å²) in [6.07, 6.45) is -1.53. The van der Waals surface area contributed by atoms with Crippen LogP contribution in [0.1, 0.15) is 30.8 Å². The Labute approximate surface area is 138 Å². The van der Waals surface area contributed by atoms with Gasteiger partial charge in [0.05, 0.1) is 6.04 Å². The molecule has 1 N–H and O–H groups in total. The molecule has 10 heteroatoms. The normalized spacial score (nSPS) is 12.4. The van der Waals surface area contributed by atoms with Crippen LogP contribution in [0.15, 0.2) is 34.9 Å². The van der Waals surface area contributed by atoms with E-state index in [9.17, 15) is 17.6 Å². The lowest BCUT2D eigenvalue weighted by Gasteiger charge is -2.14. The van der Waals surface area contributed by atoms with Gasteiger partial charge in [0.2, 0.25) is 5.95 Å². The molecule has 0 spiro atoms. The van der Waals surface area contributed by atoms with Crippen LogP contribution in [-0.2, 0) is 0 Å². The smallest absolute Gasteiger partial charge is 0.314 e. The van der Waals surface area contributed by atoms with Crippen molar-refractivity contribution in [2.45, 2.75) is 19.4 Å². The average Bonchev–Trinajstić information content (AvgIpc) is 3.04. The van der Waals surface area contributed by atoms with E-state index in [0.29, 0.717) is 5.56 Å².